The van der Waals surface area contributed by atoms with Gasteiger partial charge in [0.2, 0.25) is 0 Å². The van der Waals surface area contributed by atoms with E-state index in [1.807, 2.05) is 35.2 Å². The molecule has 1 aliphatic heterocycles. The fourth-order valence-corrected chi connectivity index (χ4v) is 4.74. The Hall–Kier alpha value is -4.13. The van der Waals surface area contributed by atoms with Gasteiger partial charge in [0.15, 0.2) is 0 Å². The second-order valence-electron chi connectivity index (χ2n) is 9.42. The molecule has 0 radical (unpaired) electrons. The number of aromatic amines is 1. The summed E-state index contributed by atoms with van der Waals surface area (Å²) in [7, 11) is 0. The standard InChI is InChI=1S/C26H21ClF4N4.C2HF3O2/c27-19-6-1-17(2-7-19)23-13-24(34-33-23)21-11-12-35(15-22(21)16-3-8-20(28)9-4-16)25-10-5-18(14-32-25)26(29,30)31;3-2(4,5)1(6)7/h1-10,13-14,21-22H,11-12,15H2,(H,33,34);(H,6,7)/t21-,22+;/m1./s1. The summed E-state index contributed by atoms with van der Waals surface area (Å²) in [6.45, 7) is 1.12. The molecule has 2 N–H and O–H groups in total. The average Bonchev–Trinajstić information content (AvgIpc) is 3.43. The van der Waals surface area contributed by atoms with E-state index in [-0.39, 0.29) is 17.7 Å². The van der Waals surface area contributed by atoms with Crippen LogP contribution in [0, 0.1) is 5.82 Å². The molecular weight excluding hydrogens is 593 g/mol. The molecule has 1 saturated heterocycles. The van der Waals surface area contributed by atoms with Crippen LogP contribution in [-0.2, 0) is 11.0 Å². The first-order valence-corrected chi connectivity index (χ1v) is 12.7. The maximum atomic E-state index is 13.6. The number of carboxylic acids is 1. The van der Waals surface area contributed by atoms with Crippen LogP contribution < -0.4 is 4.90 Å². The molecule has 2 aromatic carbocycles. The first kappa shape index (κ1) is 30.8. The van der Waals surface area contributed by atoms with Crippen molar-refractivity contribution >= 4 is 23.4 Å². The predicted molar refractivity (Wildman–Crippen MR) is 141 cm³/mol. The molecule has 2 aromatic heterocycles. The van der Waals surface area contributed by atoms with E-state index >= 15 is 0 Å². The molecule has 0 bridgehead atoms. The summed E-state index contributed by atoms with van der Waals surface area (Å²) in [5.41, 5.74) is 2.83. The zero-order chi connectivity index (χ0) is 30.7. The highest BCUT2D eigenvalue weighted by Crippen LogP contribution is 2.41. The summed E-state index contributed by atoms with van der Waals surface area (Å²) in [4.78, 5) is 14.9. The number of H-pyrrole nitrogens is 1. The van der Waals surface area contributed by atoms with Crippen LogP contribution in [0.15, 0.2) is 72.9 Å². The number of benzene rings is 2. The summed E-state index contributed by atoms with van der Waals surface area (Å²) >= 11 is 6.00. The summed E-state index contributed by atoms with van der Waals surface area (Å²) in [5.74, 6) is -2.59. The second-order valence-corrected chi connectivity index (χ2v) is 9.86. The molecule has 6 nitrogen and oxygen atoms in total. The number of pyridine rings is 1. The summed E-state index contributed by atoms with van der Waals surface area (Å²) in [6, 6.07) is 18.2. The minimum atomic E-state index is -5.08. The van der Waals surface area contributed by atoms with Gasteiger partial charge >= 0.3 is 18.3 Å². The van der Waals surface area contributed by atoms with Crippen molar-refractivity contribution in [2.75, 3.05) is 18.0 Å². The Kier molecular flexibility index (Phi) is 9.09. The van der Waals surface area contributed by atoms with Gasteiger partial charge in [0.25, 0.3) is 0 Å². The number of aromatic nitrogens is 3. The van der Waals surface area contributed by atoms with Crippen LogP contribution in [0.1, 0.15) is 35.1 Å². The lowest BCUT2D eigenvalue weighted by Gasteiger charge is -2.39. The number of anilines is 1. The van der Waals surface area contributed by atoms with Crippen LogP contribution in [0.25, 0.3) is 11.3 Å². The molecule has 2 atom stereocenters. The molecule has 0 aliphatic carbocycles. The molecular formula is C28H22ClF7N4O2. The fourth-order valence-electron chi connectivity index (χ4n) is 4.62. The second kappa shape index (κ2) is 12.4. The van der Waals surface area contributed by atoms with E-state index in [1.165, 1.54) is 18.2 Å². The average molecular weight is 615 g/mol. The lowest BCUT2D eigenvalue weighted by atomic mass is 9.78. The quantitative estimate of drug-likeness (QED) is 0.230. The van der Waals surface area contributed by atoms with Gasteiger partial charge in [-0.2, -0.15) is 31.4 Å². The maximum Gasteiger partial charge on any atom is 0.490 e. The first-order chi connectivity index (χ1) is 19.7. The number of carboxylic acid groups (broad SMARTS) is 1. The summed E-state index contributed by atoms with van der Waals surface area (Å²) in [6.07, 6.45) is -7.94. The Bertz CT molecular complexity index is 1490. The number of nitrogens with one attached hydrogen (secondary N) is 1. The van der Waals surface area contributed by atoms with Gasteiger partial charge in [-0.1, -0.05) is 35.9 Å². The number of hydrogen-bond acceptors (Lipinski definition) is 4. The fraction of sp³-hybridized carbons (Fsp3) is 0.250. The number of piperidine rings is 1. The molecule has 1 fully saturated rings. The molecule has 0 amide bonds. The molecule has 1 aliphatic rings. The third-order valence-electron chi connectivity index (χ3n) is 6.69. The largest absolute Gasteiger partial charge is 0.490 e. The summed E-state index contributed by atoms with van der Waals surface area (Å²) in [5, 5.41) is 15.4. The van der Waals surface area contributed by atoms with Crippen LogP contribution in [0.5, 0.6) is 0 Å². The van der Waals surface area contributed by atoms with Gasteiger partial charge in [0, 0.05) is 47.4 Å². The molecule has 4 aromatic rings. The van der Waals surface area contributed by atoms with E-state index in [1.54, 1.807) is 12.1 Å². The smallest absolute Gasteiger partial charge is 0.475 e. The highest BCUT2D eigenvalue weighted by molar-refractivity contribution is 6.30. The number of hydrogen-bond donors (Lipinski definition) is 2. The van der Waals surface area contributed by atoms with Gasteiger partial charge in [0.05, 0.1) is 11.3 Å². The zero-order valence-electron chi connectivity index (χ0n) is 21.4. The molecule has 222 valence electrons. The van der Waals surface area contributed by atoms with Gasteiger partial charge in [-0.15, -0.1) is 0 Å². The Morgan fingerprint density at radius 3 is 2.14 bits per heavy atom. The zero-order valence-corrected chi connectivity index (χ0v) is 22.2. The number of rotatable bonds is 4. The van der Waals surface area contributed by atoms with Gasteiger partial charge in [-0.05, 0) is 54.4 Å². The van der Waals surface area contributed by atoms with Crippen LogP contribution >= 0.6 is 11.6 Å². The van der Waals surface area contributed by atoms with Crippen LogP contribution in [0.3, 0.4) is 0 Å². The van der Waals surface area contributed by atoms with Crippen LogP contribution in [-0.4, -0.2) is 45.5 Å². The van der Waals surface area contributed by atoms with Crippen LogP contribution in [0.2, 0.25) is 5.02 Å². The van der Waals surface area contributed by atoms with Gasteiger partial charge in [0.1, 0.15) is 11.6 Å². The molecule has 0 spiro atoms. The highest BCUT2D eigenvalue weighted by atomic mass is 35.5. The molecule has 42 heavy (non-hydrogen) atoms. The van der Waals surface area contributed by atoms with Crippen molar-refractivity contribution in [3.05, 3.63) is 101 Å². The van der Waals surface area contributed by atoms with Crippen molar-refractivity contribution in [3.8, 4) is 11.3 Å². The van der Waals surface area contributed by atoms with Crippen molar-refractivity contribution in [2.45, 2.75) is 30.6 Å². The Labute approximate surface area is 239 Å². The topological polar surface area (TPSA) is 82.1 Å². The van der Waals surface area contributed by atoms with E-state index in [4.69, 9.17) is 21.5 Å². The molecule has 0 unspecified atom stereocenters. The highest BCUT2D eigenvalue weighted by Gasteiger charge is 2.38. The van der Waals surface area contributed by atoms with E-state index in [0.717, 1.165) is 34.8 Å². The van der Waals surface area contributed by atoms with Crippen molar-refractivity contribution < 1.29 is 40.6 Å². The SMILES string of the molecule is Fc1ccc([C@@H]2CN(c3ccc(C(F)(F)F)cn3)CC[C@H]2c2cc(-c3ccc(Cl)cc3)n[nH]2)cc1.O=C(O)C(F)(F)F. The lowest BCUT2D eigenvalue weighted by molar-refractivity contribution is -0.192. The van der Waals surface area contributed by atoms with E-state index < -0.39 is 23.9 Å². The normalized spacial score (nSPS) is 17.4. The van der Waals surface area contributed by atoms with Crippen molar-refractivity contribution in [1.82, 2.24) is 15.2 Å². The van der Waals surface area contributed by atoms with E-state index in [0.29, 0.717) is 30.4 Å². The van der Waals surface area contributed by atoms with Gasteiger partial charge in [-0.25, -0.2) is 14.2 Å². The first-order valence-electron chi connectivity index (χ1n) is 12.4. The van der Waals surface area contributed by atoms with Crippen LogP contribution in [0.4, 0.5) is 36.6 Å². The molecule has 5 rings (SSSR count). The number of carbonyl (C=O) groups is 1. The maximum absolute atomic E-state index is 13.6. The summed E-state index contributed by atoms with van der Waals surface area (Å²) < 4.78 is 84.3. The van der Waals surface area contributed by atoms with Gasteiger partial charge in [-0.3, -0.25) is 5.10 Å². The lowest BCUT2D eigenvalue weighted by Crippen LogP contribution is -2.39. The third-order valence-corrected chi connectivity index (χ3v) is 6.94. The molecule has 14 heteroatoms. The Morgan fingerprint density at radius 1 is 0.952 bits per heavy atom. The van der Waals surface area contributed by atoms with E-state index in [9.17, 15) is 30.7 Å². The Morgan fingerprint density at radius 2 is 1.60 bits per heavy atom. The number of aliphatic carboxylic acids is 1. The predicted octanol–water partition coefficient (Wildman–Crippen LogP) is 7.69. The monoisotopic (exact) mass is 614 g/mol. The molecule has 3 heterocycles. The number of halogens is 8. The number of alkyl halides is 6. The van der Waals surface area contributed by atoms with Crippen molar-refractivity contribution in [1.29, 1.82) is 0 Å². The van der Waals surface area contributed by atoms with Crippen molar-refractivity contribution in [2.24, 2.45) is 0 Å². The van der Waals surface area contributed by atoms with E-state index in [2.05, 4.69) is 15.2 Å². The number of nitrogens with zero attached hydrogens (tertiary/aromatic N) is 3. The van der Waals surface area contributed by atoms with Gasteiger partial charge < -0.3 is 10.0 Å². The molecule has 0 saturated carbocycles. The Balaban J connectivity index is 0.000000517. The minimum Gasteiger partial charge on any atom is -0.475 e. The minimum absolute atomic E-state index is 0.0491. The third kappa shape index (κ3) is 7.58. The van der Waals surface area contributed by atoms with Crippen molar-refractivity contribution in [3.63, 3.8) is 0 Å².